The number of rotatable bonds is 12. The second-order valence-corrected chi connectivity index (χ2v) is 6.95. The van der Waals surface area contributed by atoms with E-state index in [0.717, 1.165) is 49.9 Å². The van der Waals surface area contributed by atoms with Gasteiger partial charge in [-0.05, 0) is 45.0 Å². The van der Waals surface area contributed by atoms with Crippen molar-refractivity contribution in [3.05, 3.63) is 28.8 Å². The summed E-state index contributed by atoms with van der Waals surface area (Å²) in [7, 11) is 3.79. The van der Waals surface area contributed by atoms with E-state index < -0.39 is 0 Å². The molecule has 28 heavy (non-hydrogen) atoms. The van der Waals surface area contributed by atoms with Gasteiger partial charge in [-0.2, -0.15) is 0 Å². The number of hydrogen-bond acceptors (Lipinski definition) is 4. The lowest BCUT2D eigenvalue weighted by Crippen LogP contribution is -2.39. The number of aliphatic imine (C=N–C) groups is 1. The molecule has 0 spiro atoms. The maximum atomic E-state index is 12.2. The molecule has 0 unspecified atom stereocenters. The zero-order valence-electron chi connectivity index (χ0n) is 17.5. The summed E-state index contributed by atoms with van der Waals surface area (Å²) in [5.41, 5.74) is 1.62. The highest BCUT2D eigenvalue weighted by molar-refractivity contribution is 6.31. The number of hydrogen-bond donors (Lipinski definition) is 3. The number of likely N-dealkylation sites (N-methyl/N-ethyl adjacent to an activating group) is 1. The fourth-order valence-corrected chi connectivity index (χ4v) is 2.69. The van der Waals surface area contributed by atoms with Gasteiger partial charge in [0.1, 0.15) is 0 Å². The highest BCUT2D eigenvalue weighted by Crippen LogP contribution is 2.22. The lowest BCUT2D eigenvalue weighted by molar-refractivity contribution is -0.116. The zero-order chi connectivity index (χ0) is 20.8. The number of benzene rings is 1. The summed E-state index contributed by atoms with van der Waals surface area (Å²) in [6.07, 6.45) is 1.35. The summed E-state index contributed by atoms with van der Waals surface area (Å²) in [4.78, 5) is 19.0. The first-order valence-corrected chi connectivity index (χ1v) is 10.1. The molecule has 0 radical (unpaired) electrons. The smallest absolute Gasteiger partial charge is 0.226 e. The van der Waals surface area contributed by atoms with Gasteiger partial charge >= 0.3 is 0 Å². The van der Waals surface area contributed by atoms with Crippen LogP contribution in [0.4, 0.5) is 5.69 Å². The lowest BCUT2D eigenvalue weighted by atomic mass is 10.2. The second-order valence-electron chi connectivity index (χ2n) is 6.55. The summed E-state index contributed by atoms with van der Waals surface area (Å²) in [5.74, 6) is 0.658. The highest BCUT2D eigenvalue weighted by atomic mass is 35.5. The Morgan fingerprint density at radius 2 is 2.07 bits per heavy atom. The highest BCUT2D eigenvalue weighted by Gasteiger charge is 2.07. The van der Waals surface area contributed by atoms with Gasteiger partial charge in [-0.3, -0.25) is 9.79 Å². The van der Waals surface area contributed by atoms with Crippen molar-refractivity contribution in [1.82, 2.24) is 15.5 Å². The van der Waals surface area contributed by atoms with Crippen LogP contribution in [0.2, 0.25) is 5.02 Å². The number of amides is 1. The van der Waals surface area contributed by atoms with Crippen LogP contribution in [0.3, 0.4) is 0 Å². The molecule has 0 fully saturated rings. The van der Waals surface area contributed by atoms with E-state index in [1.807, 2.05) is 32.0 Å². The molecule has 0 aliphatic carbocycles. The number of carbonyl (C=O) groups is 1. The molecule has 0 atom stereocenters. The molecule has 1 rings (SSSR count). The van der Waals surface area contributed by atoms with Gasteiger partial charge in [0.05, 0.1) is 6.54 Å². The molecule has 7 nitrogen and oxygen atoms in total. The first kappa shape index (κ1) is 24.2. The van der Waals surface area contributed by atoms with Gasteiger partial charge in [-0.25, -0.2) is 0 Å². The molecule has 0 aliphatic heterocycles. The third-order valence-corrected chi connectivity index (χ3v) is 4.58. The Morgan fingerprint density at radius 3 is 2.79 bits per heavy atom. The SMILES string of the molecule is CCNC(=NCCN(C)CCCOC)NCCC(=O)Nc1cccc(Cl)c1C. The molecule has 0 saturated carbocycles. The van der Waals surface area contributed by atoms with Gasteiger partial charge in [-0.1, -0.05) is 17.7 Å². The molecule has 0 heterocycles. The lowest BCUT2D eigenvalue weighted by Gasteiger charge is -2.16. The van der Waals surface area contributed by atoms with Crippen molar-refractivity contribution < 1.29 is 9.53 Å². The molecule has 0 aliphatic rings. The molecular formula is C20H34ClN5O2. The van der Waals surface area contributed by atoms with Crippen molar-refractivity contribution in [2.45, 2.75) is 26.7 Å². The number of anilines is 1. The number of nitrogens with one attached hydrogen (secondary N) is 3. The zero-order valence-corrected chi connectivity index (χ0v) is 18.2. The number of methoxy groups -OCH3 is 1. The fourth-order valence-electron chi connectivity index (χ4n) is 2.51. The molecule has 158 valence electrons. The first-order valence-electron chi connectivity index (χ1n) is 9.72. The third kappa shape index (κ3) is 9.92. The average Bonchev–Trinajstić information content (AvgIpc) is 2.65. The van der Waals surface area contributed by atoms with Crippen LogP contribution < -0.4 is 16.0 Å². The van der Waals surface area contributed by atoms with Crippen LogP contribution >= 0.6 is 11.6 Å². The van der Waals surface area contributed by atoms with Crippen molar-refractivity contribution >= 4 is 29.2 Å². The Bertz CT molecular complexity index is 625. The fraction of sp³-hybridized carbons (Fsp3) is 0.600. The largest absolute Gasteiger partial charge is 0.385 e. The van der Waals surface area contributed by atoms with Crippen molar-refractivity contribution in [3.63, 3.8) is 0 Å². The molecule has 0 saturated heterocycles. The number of ether oxygens (including phenoxy) is 1. The van der Waals surface area contributed by atoms with Crippen LogP contribution in [-0.4, -0.2) is 70.3 Å². The van der Waals surface area contributed by atoms with E-state index >= 15 is 0 Å². The number of halogens is 1. The van der Waals surface area contributed by atoms with Gasteiger partial charge in [-0.15, -0.1) is 0 Å². The normalized spacial score (nSPS) is 11.6. The Balaban J connectivity index is 2.37. The summed E-state index contributed by atoms with van der Waals surface area (Å²) in [6.45, 7) is 8.48. The summed E-state index contributed by atoms with van der Waals surface area (Å²) >= 11 is 6.09. The standard InChI is InChI=1S/C20H34ClN5O2/c1-5-22-20(24-12-14-26(3)13-7-15-28-4)23-11-10-19(27)25-18-9-6-8-17(21)16(18)2/h6,8-9H,5,7,10-15H2,1-4H3,(H,25,27)(H2,22,23,24). The van der Waals surface area contributed by atoms with E-state index in [0.29, 0.717) is 24.5 Å². The Hall–Kier alpha value is -1.83. The molecular weight excluding hydrogens is 378 g/mol. The molecule has 1 aromatic rings. The van der Waals surface area contributed by atoms with Crippen molar-refractivity contribution in [3.8, 4) is 0 Å². The predicted molar refractivity (Wildman–Crippen MR) is 117 cm³/mol. The molecule has 3 N–H and O–H groups in total. The molecule has 0 bridgehead atoms. The maximum Gasteiger partial charge on any atom is 0.226 e. The number of nitrogens with zero attached hydrogens (tertiary/aromatic N) is 2. The maximum absolute atomic E-state index is 12.2. The van der Waals surface area contributed by atoms with Gasteiger partial charge in [0.15, 0.2) is 5.96 Å². The molecule has 8 heteroatoms. The van der Waals surface area contributed by atoms with E-state index in [2.05, 4.69) is 32.9 Å². The summed E-state index contributed by atoms with van der Waals surface area (Å²) in [6, 6.07) is 5.48. The van der Waals surface area contributed by atoms with E-state index in [-0.39, 0.29) is 5.91 Å². The van der Waals surface area contributed by atoms with Gasteiger partial charge < -0.3 is 25.6 Å². The minimum atomic E-state index is -0.0633. The Morgan fingerprint density at radius 1 is 1.29 bits per heavy atom. The van der Waals surface area contributed by atoms with E-state index in [1.165, 1.54) is 0 Å². The van der Waals surface area contributed by atoms with E-state index in [1.54, 1.807) is 7.11 Å². The van der Waals surface area contributed by atoms with Crippen molar-refractivity contribution in [2.75, 3.05) is 58.8 Å². The third-order valence-electron chi connectivity index (χ3n) is 4.17. The molecule has 0 aromatic heterocycles. The minimum Gasteiger partial charge on any atom is -0.385 e. The summed E-state index contributed by atoms with van der Waals surface area (Å²) in [5, 5.41) is 9.94. The van der Waals surface area contributed by atoms with Gasteiger partial charge in [0.25, 0.3) is 0 Å². The van der Waals surface area contributed by atoms with E-state index in [9.17, 15) is 4.79 Å². The Kier molecular flexibility index (Phi) is 12.3. The minimum absolute atomic E-state index is 0.0633. The van der Waals surface area contributed by atoms with Crippen LogP contribution in [0.5, 0.6) is 0 Å². The van der Waals surface area contributed by atoms with Gasteiger partial charge in [0, 0.05) is 57.0 Å². The van der Waals surface area contributed by atoms with Crippen LogP contribution in [0.15, 0.2) is 23.2 Å². The Labute approximate surface area is 173 Å². The molecule has 1 aromatic carbocycles. The van der Waals surface area contributed by atoms with E-state index in [4.69, 9.17) is 16.3 Å². The van der Waals surface area contributed by atoms with Crippen molar-refractivity contribution in [2.24, 2.45) is 4.99 Å². The van der Waals surface area contributed by atoms with Crippen LogP contribution in [0.1, 0.15) is 25.3 Å². The summed E-state index contributed by atoms with van der Waals surface area (Å²) < 4.78 is 5.07. The van der Waals surface area contributed by atoms with Crippen LogP contribution in [0.25, 0.3) is 0 Å². The van der Waals surface area contributed by atoms with Gasteiger partial charge in [0.2, 0.25) is 5.91 Å². The second kappa shape index (κ2) is 14.2. The van der Waals surface area contributed by atoms with Crippen LogP contribution in [-0.2, 0) is 9.53 Å². The topological polar surface area (TPSA) is 78.0 Å². The van der Waals surface area contributed by atoms with Crippen molar-refractivity contribution in [1.29, 1.82) is 0 Å². The first-order chi connectivity index (χ1) is 13.5. The predicted octanol–water partition coefficient (Wildman–Crippen LogP) is 2.50. The number of guanidine groups is 1. The number of carbonyl (C=O) groups excluding carboxylic acids is 1. The van der Waals surface area contributed by atoms with Crippen LogP contribution in [0, 0.1) is 6.92 Å². The molecule has 1 amide bonds. The average molecular weight is 412 g/mol. The quantitative estimate of drug-likeness (QED) is 0.280. The monoisotopic (exact) mass is 411 g/mol.